The standard InChI is InChI=1S/C10H17N3O2/c11-7-9-8-15-10(12-9)14-6-5-13-3-1-2-4-13/h8H,1-7,11H2. The molecule has 2 N–H and O–H groups in total. The van der Waals surface area contributed by atoms with Crippen molar-refractivity contribution in [1.29, 1.82) is 0 Å². The highest BCUT2D eigenvalue weighted by atomic mass is 16.6. The van der Waals surface area contributed by atoms with Gasteiger partial charge in [-0.3, -0.25) is 4.90 Å². The third-order valence-corrected chi connectivity index (χ3v) is 2.57. The van der Waals surface area contributed by atoms with E-state index in [2.05, 4.69) is 9.88 Å². The third-order valence-electron chi connectivity index (χ3n) is 2.57. The van der Waals surface area contributed by atoms with Crippen molar-refractivity contribution in [1.82, 2.24) is 9.88 Å². The number of ether oxygens (including phenoxy) is 1. The van der Waals surface area contributed by atoms with Gasteiger partial charge in [-0.25, -0.2) is 0 Å². The molecule has 0 bridgehead atoms. The maximum absolute atomic E-state index is 5.41. The van der Waals surface area contributed by atoms with Gasteiger partial charge < -0.3 is 14.9 Å². The maximum Gasteiger partial charge on any atom is 0.393 e. The molecule has 1 aromatic heterocycles. The van der Waals surface area contributed by atoms with Crippen LogP contribution in [0.25, 0.3) is 0 Å². The minimum absolute atomic E-state index is 0.328. The number of hydrogen-bond donors (Lipinski definition) is 1. The predicted octanol–water partition coefficient (Wildman–Crippen LogP) is 0.608. The monoisotopic (exact) mass is 211 g/mol. The number of nitrogens with zero attached hydrogens (tertiary/aromatic N) is 2. The van der Waals surface area contributed by atoms with Crippen molar-refractivity contribution in [3.8, 4) is 6.08 Å². The largest absolute Gasteiger partial charge is 0.449 e. The van der Waals surface area contributed by atoms with Gasteiger partial charge in [-0.15, -0.1) is 0 Å². The van der Waals surface area contributed by atoms with Crippen molar-refractivity contribution >= 4 is 0 Å². The first kappa shape index (κ1) is 10.4. The molecule has 0 spiro atoms. The lowest BCUT2D eigenvalue weighted by atomic mass is 10.4. The van der Waals surface area contributed by atoms with Crippen molar-refractivity contribution in [3.63, 3.8) is 0 Å². The van der Waals surface area contributed by atoms with Crippen LogP contribution in [-0.4, -0.2) is 36.1 Å². The van der Waals surface area contributed by atoms with E-state index in [0.29, 0.717) is 19.2 Å². The maximum atomic E-state index is 5.41. The third kappa shape index (κ3) is 2.94. The zero-order valence-corrected chi connectivity index (χ0v) is 8.82. The highest BCUT2D eigenvalue weighted by Crippen LogP contribution is 2.10. The number of rotatable bonds is 5. The van der Waals surface area contributed by atoms with Crippen LogP contribution in [0.3, 0.4) is 0 Å². The van der Waals surface area contributed by atoms with Gasteiger partial charge in [-0.1, -0.05) is 0 Å². The second-order valence-corrected chi connectivity index (χ2v) is 3.71. The van der Waals surface area contributed by atoms with Crippen LogP contribution in [0.4, 0.5) is 0 Å². The molecule has 0 amide bonds. The lowest BCUT2D eigenvalue weighted by molar-refractivity contribution is 0.191. The van der Waals surface area contributed by atoms with Gasteiger partial charge in [-0.05, 0) is 25.9 Å². The second-order valence-electron chi connectivity index (χ2n) is 3.71. The van der Waals surface area contributed by atoms with Gasteiger partial charge in [0.05, 0.1) is 5.69 Å². The molecule has 0 saturated carbocycles. The Labute approximate surface area is 89.2 Å². The summed E-state index contributed by atoms with van der Waals surface area (Å²) in [4.78, 5) is 6.44. The molecule has 0 radical (unpaired) electrons. The molecule has 1 aromatic rings. The Kier molecular flexibility index (Phi) is 3.58. The van der Waals surface area contributed by atoms with Gasteiger partial charge in [0.25, 0.3) is 0 Å². The van der Waals surface area contributed by atoms with Crippen LogP contribution in [0.1, 0.15) is 18.5 Å². The first-order valence-corrected chi connectivity index (χ1v) is 5.38. The van der Waals surface area contributed by atoms with Gasteiger partial charge >= 0.3 is 6.08 Å². The molecule has 1 fully saturated rings. The van der Waals surface area contributed by atoms with Crippen LogP contribution in [0.5, 0.6) is 6.08 Å². The summed E-state index contributed by atoms with van der Waals surface area (Å²) >= 11 is 0. The van der Waals surface area contributed by atoms with E-state index in [1.54, 1.807) is 0 Å². The van der Waals surface area contributed by atoms with Crippen LogP contribution in [0, 0.1) is 0 Å². The zero-order valence-electron chi connectivity index (χ0n) is 8.82. The summed E-state index contributed by atoms with van der Waals surface area (Å²) in [5.41, 5.74) is 6.13. The molecular weight excluding hydrogens is 194 g/mol. The van der Waals surface area contributed by atoms with E-state index in [0.717, 1.165) is 12.2 Å². The molecule has 5 heteroatoms. The zero-order chi connectivity index (χ0) is 10.5. The molecule has 1 aliphatic rings. The van der Waals surface area contributed by atoms with Crippen molar-refractivity contribution in [3.05, 3.63) is 12.0 Å². The average molecular weight is 211 g/mol. The van der Waals surface area contributed by atoms with Crippen molar-refractivity contribution in [2.45, 2.75) is 19.4 Å². The molecular formula is C10H17N3O2. The van der Waals surface area contributed by atoms with E-state index in [1.807, 2.05) is 0 Å². The molecule has 2 heterocycles. The Hall–Kier alpha value is -1.07. The lowest BCUT2D eigenvalue weighted by Crippen LogP contribution is -2.25. The van der Waals surface area contributed by atoms with Crippen LogP contribution >= 0.6 is 0 Å². The SMILES string of the molecule is NCc1coc(OCCN2CCCC2)n1. The van der Waals surface area contributed by atoms with Crippen molar-refractivity contribution < 1.29 is 9.15 Å². The van der Waals surface area contributed by atoms with Gasteiger partial charge in [-0.2, -0.15) is 4.98 Å². The molecule has 2 rings (SSSR count). The average Bonchev–Trinajstić information content (AvgIpc) is 2.88. The van der Waals surface area contributed by atoms with Crippen LogP contribution < -0.4 is 10.5 Å². The van der Waals surface area contributed by atoms with E-state index in [4.69, 9.17) is 14.9 Å². The Morgan fingerprint density at radius 1 is 1.47 bits per heavy atom. The summed E-state index contributed by atoms with van der Waals surface area (Å²) in [5.74, 6) is 0. The smallest absolute Gasteiger partial charge is 0.393 e. The fourth-order valence-electron chi connectivity index (χ4n) is 1.72. The van der Waals surface area contributed by atoms with Crippen molar-refractivity contribution in [2.24, 2.45) is 5.73 Å². The molecule has 1 aliphatic heterocycles. The van der Waals surface area contributed by atoms with E-state index < -0.39 is 0 Å². The summed E-state index contributed by atoms with van der Waals surface area (Å²) in [7, 11) is 0. The molecule has 0 aliphatic carbocycles. The first-order chi connectivity index (χ1) is 7.38. The second kappa shape index (κ2) is 5.14. The predicted molar refractivity (Wildman–Crippen MR) is 55.6 cm³/mol. The van der Waals surface area contributed by atoms with Crippen LogP contribution in [0.2, 0.25) is 0 Å². The fraction of sp³-hybridized carbons (Fsp3) is 0.700. The summed E-state index contributed by atoms with van der Waals surface area (Å²) in [6.45, 7) is 4.33. The molecule has 0 unspecified atom stereocenters. The van der Waals surface area contributed by atoms with Gasteiger partial charge in [0, 0.05) is 13.1 Å². The van der Waals surface area contributed by atoms with Crippen LogP contribution in [-0.2, 0) is 6.54 Å². The Morgan fingerprint density at radius 3 is 2.93 bits per heavy atom. The first-order valence-electron chi connectivity index (χ1n) is 5.38. The molecule has 0 aromatic carbocycles. The highest BCUT2D eigenvalue weighted by molar-refractivity contribution is 4.98. The quantitative estimate of drug-likeness (QED) is 0.773. The molecule has 5 nitrogen and oxygen atoms in total. The number of likely N-dealkylation sites (tertiary alicyclic amines) is 1. The van der Waals surface area contributed by atoms with Crippen LogP contribution in [0.15, 0.2) is 10.7 Å². The Bertz CT molecular complexity index is 295. The highest BCUT2D eigenvalue weighted by Gasteiger charge is 2.11. The number of hydrogen-bond acceptors (Lipinski definition) is 5. The van der Waals surface area contributed by atoms with E-state index in [9.17, 15) is 0 Å². The summed E-state index contributed by atoms with van der Waals surface area (Å²) < 4.78 is 10.5. The lowest BCUT2D eigenvalue weighted by Gasteiger charge is -2.13. The topological polar surface area (TPSA) is 64.5 Å². The number of oxazole rings is 1. The molecule has 15 heavy (non-hydrogen) atoms. The molecule has 1 saturated heterocycles. The van der Waals surface area contributed by atoms with Gasteiger partial charge in [0.1, 0.15) is 12.9 Å². The van der Waals surface area contributed by atoms with E-state index in [-0.39, 0.29) is 0 Å². The fourth-order valence-corrected chi connectivity index (χ4v) is 1.72. The minimum Gasteiger partial charge on any atom is -0.449 e. The van der Waals surface area contributed by atoms with E-state index >= 15 is 0 Å². The Morgan fingerprint density at radius 2 is 2.27 bits per heavy atom. The van der Waals surface area contributed by atoms with Gasteiger partial charge in [0.15, 0.2) is 0 Å². The molecule has 84 valence electrons. The summed E-state index contributed by atoms with van der Waals surface area (Å²) in [5, 5.41) is 0. The minimum atomic E-state index is 0.328. The summed E-state index contributed by atoms with van der Waals surface area (Å²) in [6.07, 6.45) is 4.47. The van der Waals surface area contributed by atoms with Crippen molar-refractivity contribution in [2.75, 3.05) is 26.2 Å². The van der Waals surface area contributed by atoms with Gasteiger partial charge in [0.2, 0.25) is 0 Å². The Balaban J connectivity index is 1.68. The molecule has 0 atom stereocenters. The summed E-state index contributed by atoms with van der Waals surface area (Å²) in [6, 6.07) is 0. The number of nitrogens with two attached hydrogens (primary N) is 1. The van der Waals surface area contributed by atoms with E-state index in [1.165, 1.54) is 32.2 Å². The normalized spacial score (nSPS) is 17.1. The number of aromatic nitrogens is 1.